The molecular formula is C19H18N8O3. The molecule has 1 aromatic carbocycles. The third-order valence-electron chi connectivity index (χ3n) is 4.17. The lowest BCUT2D eigenvalue weighted by molar-refractivity contribution is -0.137. The number of carboxylic acids is 1. The predicted molar refractivity (Wildman–Crippen MR) is 105 cm³/mol. The molecule has 4 rings (SSSR count). The van der Waals surface area contributed by atoms with Crippen molar-refractivity contribution in [1.29, 1.82) is 0 Å². The molecule has 0 aliphatic heterocycles. The van der Waals surface area contributed by atoms with Gasteiger partial charge in [0, 0.05) is 35.6 Å². The molecule has 3 aromatic heterocycles. The molecule has 1 atom stereocenters. The van der Waals surface area contributed by atoms with Crippen LogP contribution in [0.5, 0.6) is 11.6 Å². The Morgan fingerprint density at radius 1 is 1.17 bits per heavy atom. The predicted octanol–water partition coefficient (Wildman–Crippen LogP) is 1.72. The molecule has 0 spiro atoms. The fourth-order valence-corrected chi connectivity index (χ4v) is 2.74. The number of nitrogens with one attached hydrogen (secondary N) is 1. The van der Waals surface area contributed by atoms with Crippen LogP contribution in [0.2, 0.25) is 0 Å². The number of carbonyl (C=O) groups is 1. The van der Waals surface area contributed by atoms with Gasteiger partial charge in [-0.1, -0.05) is 0 Å². The highest BCUT2D eigenvalue weighted by atomic mass is 16.5. The Kier molecular flexibility index (Phi) is 5.44. The average molecular weight is 406 g/mol. The monoisotopic (exact) mass is 406 g/mol. The van der Waals surface area contributed by atoms with Crippen LogP contribution in [0.15, 0.2) is 54.9 Å². The lowest BCUT2D eigenvalue weighted by Crippen LogP contribution is -2.30. The van der Waals surface area contributed by atoms with E-state index in [-0.39, 0.29) is 13.0 Å². The van der Waals surface area contributed by atoms with Crippen LogP contribution in [0.1, 0.15) is 6.42 Å². The SMILES string of the molecule is NC(CC(=O)O)Cn1nnc(-c2ccc(Oc3ccc(-c4ccn[nH]4)cn3)cc2)n1. The summed E-state index contributed by atoms with van der Waals surface area (Å²) in [4.78, 5) is 16.3. The Morgan fingerprint density at radius 3 is 2.63 bits per heavy atom. The number of hydrogen-bond donors (Lipinski definition) is 3. The molecular weight excluding hydrogens is 388 g/mol. The van der Waals surface area contributed by atoms with Gasteiger partial charge in [0.25, 0.3) is 0 Å². The molecule has 0 saturated carbocycles. The van der Waals surface area contributed by atoms with E-state index in [0.29, 0.717) is 17.5 Å². The van der Waals surface area contributed by atoms with Crippen LogP contribution in [0, 0.1) is 0 Å². The van der Waals surface area contributed by atoms with E-state index in [1.165, 1.54) is 4.80 Å². The van der Waals surface area contributed by atoms with Gasteiger partial charge >= 0.3 is 5.97 Å². The smallest absolute Gasteiger partial charge is 0.304 e. The van der Waals surface area contributed by atoms with Crippen LogP contribution in [-0.4, -0.2) is 52.5 Å². The van der Waals surface area contributed by atoms with Crippen LogP contribution in [-0.2, 0) is 11.3 Å². The Bertz CT molecular complexity index is 1110. The van der Waals surface area contributed by atoms with Crippen molar-refractivity contribution in [3.05, 3.63) is 54.9 Å². The van der Waals surface area contributed by atoms with Gasteiger partial charge in [-0.2, -0.15) is 9.90 Å². The topological polar surface area (TPSA) is 158 Å². The van der Waals surface area contributed by atoms with E-state index in [1.54, 1.807) is 42.7 Å². The van der Waals surface area contributed by atoms with Crippen molar-refractivity contribution in [2.45, 2.75) is 19.0 Å². The zero-order valence-corrected chi connectivity index (χ0v) is 15.7. The molecule has 0 aliphatic rings. The quantitative estimate of drug-likeness (QED) is 0.396. The van der Waals surface area contributed by atoms with Gasteiger partial charge in [0.15, 0.2) is 0 Å². The molecule has 152 valence electrons. The summed E-state index contributed by atoms with van der Waals surface area (Å²) in [6.07, 6.45) is 3.22. The molecule has 11 heteroatoms. The van der Waals surface area contributed by atoms with Crippen molar-refractivity contribution >= 4 is 5.97 Å². The number of ether oxygens (including phenoxy) is 1. The molecule has 4 aromatic rings. The number of aromatic amines is 1. The minimum absolute atomic E-state index is 0.167. The van der Waals surface area contributed by atoms with E-state index in [9.17, 15) is 4.79 Å². The number of H-pyrrole nitrogens is 1. The minimum Gasteiger partial charge on any atom is -0.481 e. The van der Waals surface area contributed by atoms with Gasteiger partial charge in [0.2, 0.25) is 11.7 Å². The molecule has 0 aliphatic carbocycles. The molecule has 0 amide bonds. The molecule has 11 nitrogen and oxygen atoms in total. The Labute approximate surface area is 170 Å². The summed E-state index contributed by atoms with van der Waals surface area (Å²) in [6, 6.07) is 12.1. The van der Waals surface area contributed by atoms with Crippen molar-refractivity contribution < 1.29 is 14.6 Å². The van der Waals surface area contributed by atoms with E-state index in [0.717, 1.165) is 16.8 Å². The number of benzene rings is 1. The highest BCUT2D eigenvalue weighted by Crippen LogP contribution is 2.24. The fourth-order valence-electron chi connectivity index (χ4n) is 2.74. The number of carboxylic acid groups (broad SMARTS) is 1. The minimum atomic E-state index is -0.969. The number of aliphatic carboxylic acids is 1. The van der Waals surface area contributed by atoms with Crippen LogP contribution in [0.25, 0.3) is 22.6 Å². The third kappa shape index (κ3) is 4.64. The zero-order valence-electron chi connectivity index (χ0n) is 15.7. The Morgan fingerprint density at radius 2 is 1.97 bits per heavy atom. The second-order valence-electron chi connectivity index (χ2n) is 6.51. The summed E-state index contributed by atoms with van der Waals surface area (Å²) in [6.45, 7) is 0.167. The number of tetrazole rings is 1. The van der Waals surface area contributed by atoms with Gasteiger partial charge in [-0.05, 0) is 41.6 Å². The van der Waals surface area contributed by atoms with E-state index in [1.807, 2.05) is 12.1 Å². The maximum absolute atomic E-state index is 10.7. The molecule has 0 fully saturated rings. The van der Waals surface area contributed by atoms with Crippen LogP contribution < -0.4 is 10.5 Å². The second-order valence-corrected chi connectivity index (χ2v) is 6.51. The first kappa shape index (κ1) is 19.2. The molecule has 0 saturated heterocycles. The molecule has 4 N–H and O–H groups in total. The Balaban J connectivity index is 1.39. The average Bonchev–Trinajstić information content (AvgIpc) is 3.41. The van der Waals surface area contributed by atoms with Gasteiger partial charge in [0.05, 0.1) is 18.7 Å². The lowest BCUT2D eigenvalue weighted by atomic mass is 10.2. The number of nitrogens with two attached hydrogens (primary N) is 1. The van der Waals surface area contributed by atoms with Crippen molar-refractivity contribution in [3.63, 3.8) is 0 Å². The first-order valence-electron chi connectivity index (χ1n) is 9.06. The molecule has 1 unspecified atom stereocenters. The third-order valence-corrected chi connectivity index (χ3v) is 4.17. The fraction of sp³-hybridized carbons (Fsp3) is 0.158. The number of pyridine rings is 1. The largest absolute Gasteiger partial charge is 0.481 e. The van der Waals surface area contributed by atoms with Crippen molar-refractivity contribution in [1.82, 2.24) is 35.4 Å². The second kappa shape index (κ2) is 8.49. The summed E-state index contributed by atoms with van der Waals surface area (Å²) in [5, 5.41) is 27.7. The van der Waals surface area contributed by atoms with E-state index < -0.39 is 12.0 Å². The van der Waals surface area contributed by atoms with E-state index in [4.69, 9.17) is 15.6 Å². The lowest BCUT2D eigenvalue weighted by Gasteiger charge is -2.06. The maximum atomic E-state index is 10.7. The van der Waals surface area contributed by atoms with Crippen LogP contribution in [0.3, 0.4) is 0 Å². The van der Waals surface area contributed by atoms with E-state index >= 15 is 0 Å². The zero-order chi connectivity index (χ0) is 20.9. The van der Waals surface area contributed by atoms with Gasteiger partial charge in [0.1, 0.15) is 5.75 Å². The maximum Gasteiger partial charge on any atom is 0.304 e. The summed E-state index contributed by atoms with van der Waals surface area (Å²) in [5.74, 6) is 0.508. The van der Waals surface area contributed by atoms with Gasteiger partial charge < -0.3 is 15.6 Å². The summed E-state index contributed by atoms with van der Waals surface area (Å²) < 4.78 is 5.77. The first-order chi connectivity index (χ1) is 14.6. The molecule has 3 heterocycles. The summed E-state index contributed by atoms with van der Waals surface area (Å²) in [7, 11) is 0. The normalized spacial score (nSPS) is 11.9. The number of hydrogen-bond acceptors (Lipinski definition) is 8. The van der Waals surface area contributed by atoms with E-state index in [2.05, 4.69) is 30.6 Å². The van der Waals surface area contributed by atoms with Gasteiger partial charge in [-0.15, -0.1) is 10.2 Å². The summed E-state index contributed by atoms with van der Waals surface area (Å²) >= 11 is 0. The van der Waals surface area contributed by atoms with Crippen molar-refractivity contribution in [2.75, 3.05) is 0 Å². The van der Waals surface area contributed by atoms with Crippen molar-refractivity contribution in [2.24, 2.45) is 5.73 Å². The molecule has 0 radical (unpaired) electrons. The Hall–Kier alpha value is -4.12. The van der Waals surface area contributed by atoms with Crippen molar-refractivity contribution in [3.8, 4) is 34.3 Å². The summed E-state index contributed by atoms with van der Waals surface area (Å²) in [5.41, 5.74) is 8.27. The van der Waals surface area contributed by atoms with Gasteiger partial charge in [-0.25, -0.2) is 4.98 Å². The molecule has 30 heavy (non-hydrogen) atoms. The van der Waals surface area contributed by atoms with Crippen LogP contribution in [0.4, 0.5) is 0 Å². The first-order valence-corrected chi connectivity index (χ1v) is 9.06. The number of nitrogens with zero attached hydrogens (tertiary/aromatic N) is 6. The highest BCUT2D eigenvalue weighted by Gasteiger charge is 2.12. The van der Waals surface area contributed by atoms with Gasteiger partial charge in [-0.3, -0.25) is 9.89 Å². The highest BCUT2D eigenvalue weighted by molar-refractivity contribution is 5.67. The molecule has 0 bridgehead atoms. The number of rotatable bonds is 8. The number of aromatic nitrogens is 7. The van der Waals surface area contributed by atoms with Crippen LogP contribution >= 0.6 is 0 Å². The standard InChI is InChI=1S/C19H18N8O3/c20-14(9-18(28)29)11-27-25-19(24-26-27)12-1-4-15(5-2-12)30-17-6-3-13(10-21-17)16-7-8-22-23-16/h1-8,10,14H,9,11,20H2,(H,22,23)(H,28,29).